The van der Waals surface area contributed by atoms with Crippen molar-refractivity contribution in [3.05, 3.63) is 83.4 Å². The average molecular weight is 449 g/mol. The summed E-state index contributed by atoms with van der Waals surface area (Å²) in [6.45, 7) is 5.06. The Morgan fingerprint density at radius 3 is 2.18 bits per heavy atom. The van der Waals surface area contributed by atoms with E-state index in [0.717, 1.165) is 11.3 Å². The number of phenols is 1. The fourth-order valence-corrected chi connectivity index (χ4v) is 3.14. The number of ether oxygens (including phenoxy) is 4. The van der Waals surface area contributed by atoms with Crippen LogP contribution in [0.4, 0.5) is 0 Å². The van der Waals surface area contributed by atoms with Gasteiger partial charge in [0.1, 0.15) is 35.4 Å². The standard InChI is InChI=1S/C27H28O6/c1-4-31-23-13-14-24(27(17-23)32-5-2)25(28)15-9-20-8-12-22(16-26(20)29)33-18-19-6-10-21(30-3)11-7-19/h6-17,29H,4-5,18H2,1-3H3. The zero-order valence-electron chi connectivity index (χ0n) is 19.0. The summed E-state index contributed by atoms with van der Waals surface area (Å²) < 4.78 is 22.0. The van der Waals surface area contributed by atoms with Crippen LogP contribution in [0.25, 0.3) is 6.08 Å². The molecule has 6 heteroatoms. The van der Waals surface area contributed by atoms with E-state index in [1.165, 1.54) is 12.1 Å². The normalized spacial score (nSPS) is 10.8. The molecular weight excluding hydrogens is 420 g/mol. The predicted molar refractivity (Wildman–Crippen MR) is 128 cm³/mol. The largest absolute Gasteiger partial charge is 0.507 e. The molecule has 6 nitrogen and oxygen atoms in total. The lowest BCUT2D eigenvalue weighted by Gasteiger charge is -2.11. The lowest BCUT2D eigenvalue weighted by atomic mass is 10.1. The fraction of sp³-hybridized carbons (Fsp3) is 0.222. The van der Waals surface area contributed by atoms with Crippen molar-refractivity contribution in [3.63, 3.8) is 0 Å². The van der Waals surface area contributed by atoms with E-state index in [0.29, 0.717) is 48.2 Å². The van der Waals surface area contributed by atoms with E-state index >= 15 is 0 Å². The Hall–Kier alpha value is -3.93. The van der Waals surface area contributed by atoms with Crippen molar-refractivity contribution in [2.45, 2.75) is 20.5 Å². The minimum Gasteiger partial charge on any atom is -0.507 e. The number of methoxy groups -OCH3 is 1. The van der Waals surface area contributed by atoms with Crippen LogP contribution < -0.4 is 18.9 Å². The number of hydrogen-bond acceptors (Lipinski definition) is 6. The number of benzene rings is 3. The van der Waals surface area contributed by atoms with Gasteiger partial charge in [-0.05, 0) is 68.0 Å². The molecule has 0 unspecified atom stereocenters. The third kappa shape index (κ3) is 6.53. The molecule has 0 fully saturated rings. The van der Waals surface area contributed by atoms with Crippen LogP contribution in [0.5, 0.6) is 28.7 Å². The van der Waals surface area contributed by atoms with Crippen LogP contribution in [0, 0.1) is 0 Å². The van der Waals surface area contributed by atoms with Crippen LogP contribution in [0.3, 0.4) is 0 Å². The average Bonchev–Trinajstić information content (AvgIpc) is 2.83. The maximum atomic E-state index is 12.7. The van der Waals surface area contributed by atoms with E-state index in [1.807, 2.05) is 38.1 Å². The van der Waals surface area contributed by atoms with Crippen molar-refractivity contribution in [2.75, 3.05) is 20.3 Å². The van der Waals surface area contributed by atoms with Gasteiger partial charge < -0.3 is 24.1 Å². The van der Waals surface area contributed by atoms with Gasteiger partial charge in [0.15, 0.2) is 5.78 Å². The monoisotopic (exact) mass is 448 g/mol. The summed E-state index contributed by atoms with van der Waals surface area (Å²) in [6.07, 6.45) is 2.97. The molecule has 0 bridgehead atoms. The second kappa shape index (κ2) is 11.6. The molecule has 0 aliphatic rings. The second-order valence-electron chi connectivity index (χ2n) is 7.08. The highest BCUT2D eigenvalue weighted by atomic mass is 16.5. The van der Waals surface area contributed by atoms with Crippen LogP contribution in [0.15, 0.2) is 66.7 Å². The van der Waals surface area contributed by atoms with Crippen LogP contribution >= 0.6 is 0 Å². The van der Waals surface area contributed by atoms with Crippen molar-refractivity contribution in [2.24, 2.45) is 0 Å². The van der Waals surface area contributed by atoms with Gasteiger partial charge in [-0.1, -0.05) is 12.1 Å². The topological polar surface area (TPSA) is 74.2 Å². The molecule has 0 spiro atoms. The number of allylic oxidation sites excluding steroid dienone is 1. The van der Waals surface area contributed by atoms with Crippen LogP contribution in [-0.2, 0) is 6.61 Å². The Labute approximate surface area is 194 Å². The molecule has 3 rings (SSSR count). The van der Waals surface area contributed by atoms with Crippen molar-refractivity contribution in [1.82, 2.24) is 0 Å². The van der Waals surface area contributed by atoms with E-state index in [1.54, 1.807) is 43.5 Å². The summed E-state index contributed by atoms with van der Waals surface area (Å²) in [5, 5.41) is 10.4. The van der Waals surface area contributed by atoms with Crippen molar-refractivity contribution in [1.29, 1.82) is 0 Å². The van der Waals surface area contributed by atoms with E-state index < -0.39 is 0 Å². The van der Waals surface area contributed by atoms with Crippen LogP contribution in [0.2, 0.25) is 0 Å². The molecule has 0 radical (unpaired) electrons. The van der Waals surface area contributed by atoms with E-state index in [2.05, 4.69) is 0 Å². The van der Waals surface area contributed by atoms with Crippen LogP contribution in [-0.4, -0.2) is 31.2 Å². The minimum atomic E-state index is -0.235. The number of phenolic OH excluding ortho intramolecular Hbond substituents is 1. The molecule has 33 heavy (non-hydrogen) atoms. The van der Waals surface area contributed by atoms with E-state index in [4.69, 9.17) is 18.9 Å². The fourth-order valence-electron chi connectivity index (χ4n) is 3.14. The van der Waals surface area contributed by atoms with Crippen LogP contribution in [0.1, 0.15) is 35.3 Å². The number of hydrogen-bond donors (Lipinski definition) is 1. The van der Waals surface area contributed by atoms with Gasteiger partial charge in [0.05, 0.1) is 25.9 Å². The van der Waals surface area contributed by atoms with E-state index in [-0.39, 0.29) is 11.5 Å². The Morgan fingerprint density at radius 1 is 0.848 bits per heavy atom. The molecule has 0 atom stereocenters. The third-order valence-corrected chi connectivity index (χ3v) is 4.81. The number of carbonyl (C=O) groups is 1. The Morgan fingerprint density at radius 2 is 1.52 bits per heavy atom. The lowest BCUT2D eigenvalue weighted by molar-refractivity contribution is 0.104. The number of carbonyl (C=O) groups excluding carboxylic acids is 1. The predicted octanol–water partition coefficient (Wildman–Crippen LogP) is 5.67. The molecule has 0 aliphatic heterocycles. The summed E-state index contributed by atoms with van der Waals surface area (Å²) in [5.41, 5.74) is 1.91. The molecule has 1 N–H and O–H groups in total. The van der Waals surface area contributed by atoms with Gasteiger partial charge in [-0.15, -0.1) is 0 Å². The summed E-state index contributed by atoms with van der Waals surface area (Å²) in [4.78, 5) is 12.7. The van der Waals surface area contributed by atoms with Gasteiger partial charge in [-0.3, -0.25) is 4.79 Å². The summed E-state index contributed by atoms with van der Waals surface area (Å²) in [6, 6.07) is 17.7. The zero-order chi connectivity index (χ0) is 23.6. The third-order valence-electron chi connectivity index (χ3n) is 4.81. The molecule has 0 amide bonds. The first-order valence-corrected chi connectivity index (χ1v) is 10.7. The van der Waals surface area contributed by atoms with Crippen molar-refractivity contribution in [3.8, 4) is 28.7 Å². The number of aromatic hydroxyl groups is 1. The molecule has 0 saturated heterocycles. The molecule has 3 aromatic carbocycles. The van der Waals surface area contributed by atoms with Gasteiger partial charge in [0, 0.05) is 17.7 Å². The van der Waals surface area contributed by atoms with Gasteiger partial charge in [-0.2, -0.15) is 0 Å². The highest BCUT2D eigenvalue weighted by Crippen LogP contribution is 2.28. The smallest absolute Gasteiger partial charge is 0.189 e. The minimum absolute atomic E-state index is 0.0167. The lowest BCUT2D eigenvalue weighted by Crippen LogP contribution is -2.03. The molecule has 0 saturated carbocycles. The van der Waals surface area contributed by atoms with E-state index in [9.17, 15) is 9.90 Å². The maximum absolute atomic E-state index is 12.7. The van der Waals surface area contributed by atoms with Gasteiger partial charge in [-0.25, -0.2) is 0 Å². The molecule has 172 valence electrons. The summed E-state index contributed by atoms with van der Waals surface area (Å²) >= 11 is 0. The molecule has 0 heterocycles. The Kier molecular flexibility index (Phi) is 8.36. The molecule has 0 aliphatic carbocycles. The van der Waals surface area contributed by atoms with Gasteiger partial charge >= 0.3 is 0 Å². The van der Waals surface area contributed by atoms with Gasteiger partial charge in [0.2, 0.25) is 0 Å². The molecule has 3 aromatic rings. The first-order valence-electron chi connectivity index (χ1n) is 10.7. The summed E-state index contributed by atoms with van der Waals surface area (Å²) in [5.74, 6) is 2.19. The first kappa shape index (κ1) is 23.7. The zero-order valence-corrected chi connectivity index (χ0v) is 19.0. The molecular formula is C27H28O6. The Bertz CT molecular complexity index is 1100. The number of ketones is 1. The Balaban J connectivity index is 1.67. The maximum Gasteiger partial charge on any atom is 0.189 e. The quantitative estimate of drug-likeness (QED) is 0.301. The SMILES string of the molecule is CCOc1ccc(C(=O)C=Cc2ccc(OCc3ccc(OC)cc3)cc2O)c(OCC)c1. The number of rotatable bonds is 11. The van der Waals surface area contributed by atoms with Crippen molar-refractivity contribution >= 4 is 11.9 Å². The van der Waals surface area contributed by atoms with Gasteiger partial charge in [0.25, 0.3) is 0 Å². The first-order chi connectivity index (χ1) is 16.0. The second-order valence-corrected chi connectivity index (χ2v) is 7.08. The van der Waals surface area contributed by atoms with Crippen molar-refractivity contribution < 1.29 is 28.8 Å². The summed E-state index contributed by atoms with van der Waals surface area (Å²) in [7, 11) is 1.62. The highest BCUT2D eigenvalue weighted by molar-refractivity contribution is 6.08. The molecule has 0 aromatic heterocycles. The highest BCUT2D eigenvalue weighted by Gasteiger charge is 2.12.